The van der Waals surface area contributed by atoms with Crippen LogP contribution in [0.25, 0.3) is 0 Å². The van der Waals surface area contributed by atoms with Crippen molar-refractivity contribution < 1.29 is 14.7 Å². The smallest absolute Gasteiger partial charge is 0.303 e. The fraction of sp³-hybridized carbons (Fsp3) is 0.655. The van der Waals surface area contributed by atoms with E-state index in [-0.39, 0.29) is 18.1 Å². The predicted molar refractivity (Wildman–Crippen MR) is 137 cm³/mol. The lowest BCUT2D eigenvalue weighted by atomic mass is 9.71. The Bertz CT molecular complexity index is 1070. The lowest BCUT2D eigenvalue weighted by Crippen LogP contribution is -2.31. The fourth-order valence-electron chi connectivity index (χ4n) is 5.80. The van der Waals surface area contributed by atoms with Gasteiger partial charge in [-0.25, -0.2) is 4.68 Å². The minimum Gasteiger partial charge on any atom is -0.481 e. The molecule has 1 N–H and O–H groups in total. The number of ketones is 1. The van der Waals surface area contributed by atoms with Gasteiger partial charge in [0, 0.05) is 31.1 Å². The van der Waals surface area contributed by atoms with Gasteiger partial charge >= 0.3 is 5.97 Å². The molecule has 0 spiro atoms. The van der Waals surface area contributed by atoms with Crippen LogP contribution in [0.1, 0.15) is 118 Å². The molecule has 0 unspecified atom stereocenters. The first-order valence-electron chi connectivity index (χ1n) is 13.2. The van der Waals surface area contributed by atoms with Crippen LogP contribution in [-0.4, -0.2) is 31.9 Å². The van der Waals surface area contributed by atoms with Crippen LogP contribution in [0, 0.1) is 25.2 Å². The van der Waals surface area contributed by atoms with Gasteiger partial charge in [-0.15, -0.1) is 5.10 Å². The molecule has 1 aromatic heterocycles. The minimum atomic E-state index is -0.832. The van der Waals surface area contributed by atoms with E-state index in [1.54, 1.807) is 0 Å². The molecule has 0 amide bonds. The quantitative estimate of drug-likeness (QED) is 0.408. The van der Waals surface area contributed by atoms with E-state index < -0.39 is 5.97 Å². The van der Waals surface area contributed by atoms with Gasteiger partial charge in [0.15, 0.2) is 0 Å². The number of carbonyl (C=O) groups is 2. The molecule has 2 aromatic rings. The molecule has 6 nitrogen and oxygen atoms in total. The van der Waals surface area contributed by atoms with Crippen molar-refractivity contribution in [1.29, 1.82) is 0 Å². The highest BCUT2D eigenvalue weighted by Crippen LogP contribution is 2.49. The summed E-state index contributed by atoms with van der Waals surface area (Å²) >= 11 is 0. The second-order valence-electron chi connectivity index (χ2n) is 12.3. The summed E-state index contributed by atoms with van der Waals surface area (Å²) in [5.41, 5.74) is 5.74. The van der Waals surface area contributed by atoms with Crippen molar-refractivity contribution in [2.75, 3.05) is 0 Å². The largest absolute Gasteiger partial charge is 0.481 e. The first-order valence-corrected chi connectivity index (χ1v) is 13.2. The zero-order valence-corrected chi connectivity index (χ0v) is 22.0. The molecule has 0 radical (unpaired) electrons. The van der Waals surface area contributed by atoms with E-state index >= 15 is 0 Å². The topological polar surface area (TPSA) is 85.1 Å². The summed E-state index contributed by atoms with van der Waals surface area (Å²) in [6, 6.07) is 6.56. The van der Waals surface area contributed by atoms with Crippen LogP contribution in [-0.2, 0) is 16.0 Å². The standard InChI is InChI=1S/C29H41N3O3/c1-18-6-7-22(19(2)12-18)15-25(33)16-23(10-11-26(34)35)27-28(21-8-9-21)32(31-30-27)24-13-20(14-24)17-29(3,4)5/h6-7,12,20-21,23-24H,8-11,13-17H2,1-5H3,(H,34,35)/t20?,23-,24?/m0/s1. The average Bonchev–Trinajstić information content (AvgIpc) is 3.47. The molecule has 2 saturated carbocycles. The molecule has 1 heterocycles. The Kier molecular flexibility index (Phi) is 7.48. The third-order valence-electron chi connectivity index (χ3n) is 7.63. The van der Waals surface area contributed by atoms with E-state index in [4.69, 9.17) is 0 Å². The lowest BCUT2D eigenvalue weighted by molar-refractivity contribution is -0.137. The first kappa shape index (κ1) is 25.6. The monoisotopic (exact) mass is 479 g/mol. The third kappa shape index (κ3) is 6.59. The van der Waals surface area contributed by atoms with E-state index in [1.165, 1.54) is 17.7 Å². The Hall–Kier alpha value is -2.50. The minimum absolute atomic E-state index is 0.0373. The highest BCUT2D eigenvalue weighted by molar-refractivity contribution is 5.82. The first-order chi connectivity index (χ1) is 16.5. The number of hydrogen-bond donors (Lipinski definition) is 1. The number of rotatable bonds is 11. The molecular formula is C29H41N3O3. The molecule has 6 heteroatoms. The van der Waals surface area contributed by atoms with Crippen LogP contribution in [0.2, 0.25) is 0 Å². The second-order valence-corrected chi connectivity index (χ2v) is 12.3. The molecule has 4 rings (SSSR count). The molecule has 0 bridgehead atoms. The number of benzene rings is 1. The van der Waals surface area contributed by atoms with Crippen molar-refractivity contribution in [2.24, 2.45) is 11.3 Å². The van der Waals surface area contributed by atoms with Gasteiger partial charge in [0.1, 0.15) is 5.78 Å². The maximum absolute atomic E-state index is 13.2. The summed E-state index contributed by atoms with van der Waals surface area (Å²) in [4.78, 5) is 24.6. The van der Waals surface area contributed by atoms with Crippen LogP contribution < -0.4 is 0 Å². The van der Waals surface area contributed by atoms with Crippen molar-refractivity contribution in [3.8, 4) is 0 Å². The van der Waals surface area contributed by atoms with E-state index in [1.807, 2.05) is 19.1 Å². The van der Waals surface area contributed by atoms with Crippen molar-refractivity contribution in [2.45, 2.75) is 110 Å². The number of aromatic nitrogens is 3. The molecular weight excluding hydrogens is 438 g/mol. The van der Waals surface area contributed by atoms with Crippen molar-refractivity contribution in [3.05, 3.63) is 46.3 Å². The van der Waals surface area contributed by atoms with Crippen LogP contribution in [0.3, 0.4) is 0 Å². The van der Waals surface area contributed by atoms with Gasteiger partial charge < -0.3 is 5.11 Å². The van der Waals surface area contributed by atoms with Gasteiger partial charge in [-0.1, -0.05) is 49.7 Å². The number of aliphatic carboxylic acids is 1. The average molecular weight is 480 g/mol. The van der Waals surface area contributed by atoms with Crippen molar-refractivity contribution in [3.63, 3.8) is 0 Å². The van der Waals surface area contributed by atoms with E-state index in [0.29, 0.717) is 36.6 Å². The van der Waals surface area contributed by atoms with E-state index in [9.17, 15) is 14.7 Å². The van der Waals surface area contributed by atoms with Crippen molar-refractivity contribution in [1.82, 2.24) is 15.0 Å². The highest BCUT2D eigenvalue weighted by Gasteiger charge is 2.40. The van der Waals surface area contributed by atoms with Crippen molar-refractivity contribution >= 4 is 11.8 Å². The Balaban J connectivity index is 1.51. The third-order valence-corrected chi connectivity index (χ3v) is 7.63. The molecule has 2 fully saturated rings. The summed E-state index contributed by atoms with van der Waals surface area (Å²) in [6.07, 6.45) is 6.88. The van der Waals surface area contributed by atoms with Gasteiger partial charge in [-0.2, -0.15) is 0 Å². The summed E-state index contributed by atoms with van der Waals surface area (Å²) in [5.74, 6) is 0.281. The van der Waals surface area contributed by atoms with Gasteiger partial charge in [-0.05, 0) is 74.8 Å². The van der Waals surface area contributed by atoms with Gasteiger partial charge in [0.2, 0.25) is 0 Å². The molecule has 2 aliphatic rings. The maximum Gasteiger partial charge on any atom is 0.303 e. The Morgan fingerprint density at radius 1 is 1.17 bits per heavy atom. The molecule has 2 aliphatic carbocycles. The second kappa shape index (κ2) is 10.2. The molecule has 190 valence electrons. The van der Waals surface area contributed by atoms with Gasteiger partial charge in [-0.3, -0.25) is 9.59 Å². The van der Waals surface area contributed by atoms with Crippen LogP contribution >= 0.6 is 0 Å². The Morgan fingerprint density at radius 3 is 2.49 bits per heavy atom. The summed E-state index contributed by atoms with van der Waals surface area (Å²) in [7, 11) is 0. The fourth-order valence-corrected chi connectivity index (χ4v) is 5.80. The van der Waals surface area contributed by atoms with E-state index in [0.717, 1.165) is 48.4 Å². The Labute approximate surface area is 209 Å². The number of carboxylic acid groups (broad SMARTS) is 1. The number of Topliss-reactive ketones (excluding diaryl/α,β-unsaturated/α-hetero) is 1. The number of carbonyl (C=O) groups excluding carboxylic acids is 1. The highest BCUT2D eigenvalue weighted by atomic mass is 16.4. The lowest BCUT2D eigenvalue weighted by Gasteiger charge is -2.39. The normalized spacial score (nSPS) is 20.9. The van der Waals surface area contributed by atoms with E-state index in [2.05, 4.69) is 48.8 Å². The number of nitrogens with zero attached hydrogens (tertiary/aromatic N) is 3. The number of carboxylic acids is 1. The number of aryl methyl sites for hydroxylation is 2. The summed E-state index contributed by atoms with van der Waals surface area (Å²) < 4.78 is 2.15. The number of hydrogen-bond acceptors (Lipinski definition) is 4. The molecule has 1 atom stereocenters. The molecule has 1 aromatic carbocycles. The summed E-state index contributed by atoms with van der Waals surface area (Å²) in [6.45, 7) is 11.0. The SMILES string of the molecule is Cc1ccc(CC(=O)C[C@H](CCC(=O)O)c2nnn(C3CC(CC(C)(C)C)C3)c2C2CC2)c(C)c1. The Morgan fingerprint density at radius 2 is 1.89 bits per heavy atom. The zero-order valence-electron chi connectivity index (χ0n) is 22.0. The molecule has 35 heavy (non-hydrogen) atoms. The zero-order chi connectivity index (χ0) is 25.3. The van der Waals surface area contributed by atoms with Gasteiger partial charge in [0.05, 0.1) is 17.4 Å². The summed E-state index contributed by atoms with van der Waals surface area (Å²) in [5, 5.41) is 18.6. The van der Waals surface area contributed by atoms with Crippen LogP contribution in [0.15, 0.2) is 18.2 Å². The van der Waals surface area contributed by atoms with Crippen LogP contribution in [0.4, 0.5) is 0 Å². The van der Waals surface area contributed by atoms with Gasteiger partial charge in [0.25, 0.3) is 0 Å². The maximum atomic E-state index is 13.2. The van der Waals surface area contributed by atoms with Crippen LogP contribution in [0.5, 0.6) is 0 Å². The predicted octanol–water partition coefficient (Wildman–Crippen LogP) is 6.31. The molecule has 0 saturated heterocycles. The molecule has 0 aliphatic heterocycles.